The topological polar surface area (TPSA) is 35.5 Å². The molecular formula is C16H22O3. The standard InChI is InChI=1S/C16H22O3/c1-2-13-8-6-7-11-15(13)18-12-16(17)19-14-9-4-3-5-10-14/h6-8,11,14H,2-5,9-10,12H2,1H3. The van der Waals surface area contributed by atoms with Gasteiger partial charge in [0.15, 0.2) is 6.61 Å². The number of rotatable bonds is 5. The van der Waals surface area contributed by atoms with E-state index in [1.165, 1.54) is 6.42 Å². The van der Waals surface area contributed by atoms with Gasteiger partial charge in [0.05, 0.1) is 0 Å². The predicted molar refractivity (Wildman–Crippen MR) is 74.3 cm³/mol. The highest BCUT2D eigenvalue weighted by atomic mass is 16.6. The number of ether oxygens (including phenoxy) is 2. The van der Waals surface area contributed by atoms with Gasteiger partial charge in [-0.2, -0.15) is 0 Å². The van der Waals surface area contributed by atoms with Crippen molar-refractivity contribution in [2.75, 3.05) is 6.61 Å². The molecule has 1 fully saturated rings. The molecule has 1 aliphatic carbocycles. The summed E-state index contributed by atoms with van der Waals surface area (Å²) in [7, 11) is 0. The van der Waals surface area contributed by atoms with E-state index < -0.39 is 0 Å². The van der Waals surface area contributed by atoms with Crippen LogP contribution in [-0.4, -0.2) is 18.7 Å². The van der Waals surface area contributed by atoms with Crippen LogP contribution in [0.2, 0.25) is 0 Å². The molecule has 3 nitrogen and oxygen atoms in total. The maximum absolute atomic E-state index is 11.7. The lowest BCUT2D eigenvalue weighted by Gasteiger charge is -2.21. The van der Waals surface area contributed by atoms with E-state index in [2.05, 4.69) is 6.92 Å². The highest BCUT2D eigenvalue weighted by molar-refractivity contribution is 5.71. The molecule has 0 amide bonds. The number of hydrogen-bond donors (Lipinski definition) is 0. The predicted octanol–water partition coefficient (Wildman–Crippen LogP) is 3.50. The van der Waals surface area contributed by atoms with Gasteiger partial charge in [-0.25, -0.2) is 4.79 Å². The van der Waals surface area contributed by atoms with E-state index in [1.54, 1.807) is 0 Å². The Labute approximate surface area is 114 Å². The largest absolute Gasteiger partial charge is 0.482 e. The molecule has 3 heteroatoms. The zero-order valence-corrected chi connectivity index (χ0v) is 11.6. The van der Waals surface area contributed by atoms with Crippen molar-refractivity contribution in [3.05, 3.63) is 29.8 Å². The minimum Gasteiger partial charge on any atom is -0.482 e. The maximum Gasteiger partial charge on any atom is 0.344 e. The van der Waals surface area contributed by atoms with Crippen molar-refractivity contribution in [1.82, 2.24) is 0 Å². The smallest absolute Gasteiger partial charge is 0.344 e. The Kier molecular flexibility index (Phi) is 5.25. The van der Waals surface area contributed by atoms with Crippen LogP contribution >= 0.6 is 0 Å². The second kappa shape index (κ2) is 7.17. The highest BCUT2D eigenvalue weighted by Crippen LogP contribution is 2.21. The molecule has 2 rings (SSSR count). The number of esters is 1. The zero-order valence-electron chi connectivity index (χ0n) is 11.6. The van der Waals surface area contributed by atoms with Crippen molar-refractivity contribution >= 4 is 5.97 Å². The Morgan fingerprint density at radius 1 is 1.21 bits per heavy atom. The molecule has 0 bridgehead atoms. The number of carbonyl (C=O) groups is 1. The quantitative estimate of drug-likeness (QED) is 0.762. The van der Waals surface area contributed by atoms with E-state index in [0.717, 1.165) is 43.4 Å². The third kappa shape index (κ3) is 4.27. The second-order valence-electron chi connectivity index (χ2n) is 5.00. The SMILES string of the molecule is CCc1ccccc1OCC(=O)OC1CCCCC1. The van der Waals surface area contributed by atoms with Gasteiger partial charge in [0.2, 0.25) is 0 Å². The van der Waals surface area contributed by atoms with Crippen molar-refractivity contribution in [3.63, 3.8) is 0 Å². The molecule has 0 spiro atoms. The van der Waals surface area contributed by atoms with Crippen molar-refractivity contribution in [3.8, 4) is 5.75 Å². The van der Waals surface area contributed by atoms with Crippen LogP contribution in [0.5, 0.6) is 5.75 Å². The fourth-order valence-corrected chi connectivity index (χ4v) is 2.48. The first-order valence-electron chi connectivity index (χ1n) is 7.19. The van der Waals surface area contributed by atoms with Crippen LogP contribution < -0.4 is 4.74 Å². The molecule has 0 heterocycles. The van der Waals surface area contributed by atoms with E-state index in [1.807, 2.05) is 24.3 Å². The summed E-state index contributed by atoms with van der Waals surface area (Å²) in [4.78, 5) is 11.7. The summed E-state index contributed by atoms with van der Waals surface area (Å²) in [6, 6.07) is 7.81. The fraction of sp³-hybridized carbons (Fsp3) is 0.562. The van der Waals surface area contributed by atoms with Crippen LogP contribution in [0.25, 0.3) is 0 Å². The van der Waals surface area contributed by atoms with Gasteiger partial charge in [-0.05, 0) is 43.7 Å². The Morgan fingerprint density at radius 2 is 1.95 bits per heavy atom. The Hall–Kier alpha value is -1.51. The van der Waals surface area contributed by atoms with Crippen LogP contribution in [0.3, 0.4) is 0 Å². The molecule has 104 valence electrons. The summed E-state index contributed by atoms with van der Waals surface area (Å²) < 4.78 is 11.0. The zero-order chi connectivity index (χ0) is 13.5. The summed E-state index contributed by atoms with van der Waals surface area (Å²) in [6.07, 6.45) is 6.58. The molecular weight excluding hydrogens is 240 g/mol. The minimum absolute atomic E-state index is 0.00745. The molecule has 1 aromatic carbocycles. The molecule has 0 radical (unpaired) electrons. The number of para-hydroxylation sites is 1. The Morgan fingerprint density at radius 3 is 2.68 bits per heavy atom. The molecule has 1 saturated carbocycles. The molecule has 0 N–H and O–H groups in total. The first-order valence-corrected chi connectivity index (χ1v) is 7.19. The van der Waals surface area contributed by atoms with Gasteiger partial charge in [0.1, 0.15) is 11.9 Å². The fourth-order valence-electron chi connectivity index (χ4n) is 2.48. The van der Waals surface area contributed by atoms with Crippen LogP contribution in [-0.2, 0) is 16.0 Å². The van der Waals surface area contributed by atoms with Gasteiger partial charge in [0, 0.05) is 0 Å². The molecule has 0 saturated heterocycles. The normalized spacial score (nSPS) is 16.1. The van der Waals surface area contributed by atoms with Gasteiger partial charge < -0.3 is 9.47 Å². The highest BCUT2D eigenvalue weighted by Gasteiger charge is 2.18. The number of carbonyl (C=O) groups excluding carboxylic acids is 1. The van der Waals surface area contributed by atoms with Gasteiger partial charge in [0.25, 0.3) is 0 Å². The molecule has 0 aromatic heterocycles. The van der Waals surface area contributed by atoms with Crippen molar-refractivity contribution in [2.24, 2.45) is 0 Å². The van der Waals surface area contributed by atoms with Gasteiger partial charge >= 0.3 is 5.97 Å². The van der Waals surface area contributed by atoms with Crippen molar-refractivity contribution in [2.45, 2.75) is 51.6 Å². The summed E-state index contributed by atoms with van der Waals surface area (Å²) in [5.41, 5.74) is 1.12. The average Bonchev–Trinajstić information content (AvgIpc) is 2.46. The van der Waals surface area contributed by atoms with Gasteiger partial charge in [-0.1, -0.05) is 31.5 Å². The maximum atomic E-state index is 11.7. The van der Waals surface area contributed by atoms with Crippen LogP contribution in [0.1, 0.15) is 44.6 Å². The Balaban J connectivity index is 1.79. The van der Waals surface area contributed by atoms with Crippen LogP contribution in [0, 0.1) is 0 Å². The van der Waals surface area contributed by atoms with Crippen molar-refractivity contribution < 1.29 is 14.3 Å². The third-order valence-corrected chi connectivity index (χ3v) is 3.55. The summed E-state index contributed by atoms with van der Waals surface area (Å²) in [6.45, 7) is 2.08. The number of aryl methyl sites for hydroxylation is 1. The van der Waals surface area contributed by atoms with E-state index in [-0.39, 0.29) is 18.7 Å². The molecule has 1 aliphatic rings. The summed E-state index contributed by atoms with van der Waals surface area (Å²) in [5, 5.41) is 0. The van der Waals surface area contributed by atoms with E-state index in [0.29, 0.717) is 0 Å². The van der Waals surface area contributed by atoms with Gasteiger partial charge in [-0.3, -0.25) is 0 Å². The minimum atomic E-state index is -0.252. The molecule has 0 aliphatic heterocycles. The first-order chi connectivity index (χ1) is 9.29. The van der Waals surface area contributed by atoms with Crippen molar-refractivity contribution in [1.29, 1.82) is 0 Å². The molecule has 0 unspecified atom stereocenters. The molecule has 0 atom stereocenters. The lowest BCUT2D eigenvalue weighted by molar-refractivity contribution is -0.152. The Bertz CT molecular complexity index is 408. The summed E-state index contributed by atoms with van der Waals surface area (Å²) in [5.74, 6) is 0.531. The van der Waals surface area contributed by atoms with Crippen LogP contribution in [0.4, 0.5) is 0 Å². The lowest BCUT2D eigenvalue weighted by atomic mass is 9.98. The van der Waals surface area contributed by atoms with E-state index in [9.17, 15) is 4.79 Å². The number of hydrogen-bond acceptors (Lipinski definition) is 3. The van der Waals surface area contributed by atoms with E-state index in [4.69, 9.17) is 9.47 Å². The lowest BCUT2D eigenvalue weighted by Crippen LogP contribution is -2.24. The van der Waals surface area contributed by atoms with Crippen LogP contribution in [0.15, 0.2) is 24.3 Å². The number of benzene rings is 1. The monoisotopic (exact) mass is 262 g/mol. The molecule has 1 aromatic rings. The molecule has 19 heavy (non-hydrogen) atoms. The van der Waals surface area contributed by atoms with Gasteiger partial charge in [-0.15, -0.1) is 0 Å². The average molecular weight is 262 g/mol. The first kappa shape index (κ1) is 13.9. The van der Waals surface area contributed by atoms with E-state index >= 15 is 0 Å². The second-order valence-corrected chi connectivity index (χ2v) is 5.00. The summed E-state index contributed by atoms with van der Waals surface area (Å²) >= 11 is 0. The third-order valence-electron chi connectivity index (χ3n) is 3.55.